The lowest BCUT2D eigenvalue weighted by molar-refractivity contribution is 0.579. The molecule has 0 fully saturated rings. The molecule has 1 aromatic rings. The second-order valence-electron chi connectivity index (χ2n) is 3.28. The van der Waals surface area contributed by atoms with Crippen LogP contribution in [0.1, 0.15) is 12.8 Å². The molecule has 0 aromatic heterocycles. The second-order valence-corrected chi connectivity index (χ2v) is 5.97. The van der Waals surface area contributed by atoms with Crippen molar-refractivity contribution in [2.24, 2.45) is 0 Å². The Labute approximate surface area is 105 Å². The van der Waals surface area contributed by atoms with E-state index < -0.39 is 10.0 Å². The number of unbranched alkanes of at least 4 members (excludes halogenated alkanes) is 1. The molecule has 3 nitrogen and oxygen atoms in total. The minimum atomic E-state index is -3.36. The normalized spacial score (nSPS) is 11.3. The summed E-state index contributed by atoms with van der Waals surface area (Å²) in [6.45, 7) is 4.02. The van der Waals surface area contributed by atoms with E-state index in [1.54, 1.807) is 30.3 Å². The van der Waals surface area contributed by atoms with Gasteiger partial charge in [-0.05, 0) is 37.1 Å². The fourth-order valence-corrected chi connectivity index (χ4v) is 2.49. The Hall–Kier alpha value is -0.650. The van der Waals surface area contributed by atoms with Crippen LogP contribution in [0.4, 0.5) is 0 Å². The quantitative estimate of drug-likeness (QED) is 0.649. The van der Waals surface area contributed by atoms with Crippen LogP contribution in [-0.4, -0.2) is 15.0 Å². The highest BCUT2D eigenvalue weighted by molar-refractivity contribution is 9.10. The lowest BCUT2D eigenvalue weighted by atomic mass is 10.3. The van der Waals surface area contributed by atoms with Crippen molar-refractivity contribution in [1.29, 1.82) is 0 Å². The average molecular weight is 304 g/mol. The molecule has 0 atom stereocenters. The summed E-state index contributed by atoms with van der Waals surface area (Å²) in [7, 11) is -3.36. The van der Waals surface area contributed by atoms with Crippen molar-refractivity contribution >= 4 is 26.0 Å². The molecule has 16 heavy (non-hydrogen) atoms. The van der Waals surface area contributed by atoms with Crippen LogP contribution in [0.15, 0.2) is 46.3 Å². The first-order chi connectivity index (χ1) is 7.56. The highest BCUT2D eigenvalue weighted by Gasteiger charge is 2.12. The molecule has 5 heteroatoms. The monoisotopic (exact) mass is 303 g/mol. The number of benzene rings is 1. The molecule has 1 N–H and O–H groups in total. The number of halogens is 1. The largest absolute Gasteiger partial charge is 0.240 e. The van der Waals surface area contributed by atoms with Gasteiger partial charge in [-0.3, -0.25) is 0 Å². The number of hydrogen-bond acceptors (Lipinski definition) is 2. The van der Waals surface area contributed by atoms with Gasteiger partial charge in [0, 0.05) is 11.0 Å². The van der Waals surface area contributed by atoms with Crippen molar-refractivity contribution in [3.63, 3.8) is 0 Å². The standard InChI is InChI=1S/C11H14BrNO2S/c1-2-3-4-9-13-16(14,15)11-7-5-10(12)6-8-11/h2,5-8,13H,1,3-4,9H2. The topological polar surface area (TPSA) is 46.2 Å². The number of nitrogens with one attached hydrogen (secondary N) is 1. The summed E-state index contributed by atoms with van der Waals surface area (Å²) < 4.78 is 26.9. The molecule has 0 unspecified atom stereocenters. The molecular weight excluding hydrogens is 290 g/mol. The molecule has 0 saturated heterocycles. The van der Waals surface area contributed by atoms with Crippen LogP contribution in [0.3, 0.4) is 0 Å². The van der Waals surface area contributed by atoms with Crippen molar-refractivity contribution in [2.45, 2.75) is 17.7 Å². The minimum Gasteiger partial charge on any atom is -0.211 e. The van der Waals surface area contributed by atoms with E-state index in [1.807, 2.05) is 0 Å². The van der Waals surface area contributed by atoms with Gasteiger partial charge in [0.25, 0.3) is 0 Å². The highest BCUT2D eigenvalue weighted by atomic mass is 79.9. The van der Waals surface area contributed by atoms with Crippen molar-refractivity contribution < 1.29 is 8.42 Å². The average Bonchev–Trinajstić information content (AvgIpc) is 2.25. The third-order valence-corrected chi connectivity index (χ3v) is 4.01. The van der Waals surface area contributed by atoms with Crippen molar-refractivity contribution in [2.75, 3.05) is 6.54 Å². The minimum absolute atomic E-state index is 0.286. The van der Waals surface area contributed by atoms with Gasteiger partial charge in [0.15, 0.2) is 0 Å². The van der Waals surface area contributed by atoms with Crippen LogP contribution in [0.25, 0.3) is 0 Å². The summed E-state index contributed by atoms with van der Waals surface area (Å²) in [5.74, 6) is 0. The van der Waals surface area contributed by atoms with Crippen LogP contribution in [0.2, 0.25) is 0 Å². The highest BCUT2D eigenvalue weighted by Crippen LogP contribution is 2.14. The van der Waals surface area contributed by atoms with Gasteiger partial charge in [0.05, 0.1) is 4.90 Å². The van der Waals surface area contributed by atoms with Crippen LogP contribution >= 0.6 is 15.9 Å². The Bertz CT molecular complexity index is 440. The molecule has 0 aliphatic carbocycles. The summed E-state index contributed by atoms with van der Waals surface area (Å²) in [6.07, 6.45) is 3.34. The Morgan fingerprint density at radius 2 is 1.94 bits per heavy atom. The zero-order valence-corrected chi connectivity index (χ0v) is 11.2. The predicted octanol–water partition coefficient (Wildman–Crippen LogP) is 2.69. The van der Waals surface area contributed by atoms with E-state index in [4.69, 9.17) is 0 Å². The lowest BCUT2D eigenvalue weighted by Gasteiger charge is -2.05. The van der Waals surface area contributed by atoms with Gasteiger partial charge in [-0.25, -0.2) is 13.1 Å². The van der Waals surface area contributed by atoms with E-state index >= 15 is 0 Å². The van der Waals surface area contributed by atoms with Gasteiger partial charge >= 0.3 is 0 Å². The van der Waals surface area contributed by atoms with Gasteiger partial charge < -0.3 is 0 Å². The Balaban J connectivity index is 2.63. The first-order valence-corrected chi connectivity index (χ1v) is 7.20. The molecule has 0 heterocycles. The summed E-state index contributed by atoms with van der Waals surface area (Å²) >= 11 is 3.26. The summed E-state index contributed by atoms with van der Waals surface area (Å²) in [5.41, 5.74) is 0. The van der Waals surface area contributed by atoms with Crippen molar-refractivity contribution in [1.82, 2.24) is 4.72 Å². The van der Waals surface area contributed by atoms with E-state index in [0.717, 1.165) is 17.3 Å². The molecule has 0 amide bonds. The molecule has 0 bridgehead atoms. The maximum atomic E-state index is 11.8. The number of rotatable bonds is 6. The van der Waals surface area contributed by atoms with Crippen LogP contribution < -0.4 is 4.72 Å². The van der Waals surface area contributed by atoms with Gasteiger partial charge in [0.2, 0.25) is 10.0 Å². The van der Waals surface area contributed by atoms with E-state index in [0.29, 0.717) is 6.54 Å². The smallest absolute Gasteiger partial charge is 0.211 e. The van der Waals surface area contributed by atoms with E-state index in [1.165, 1.54) is 0 Å². The molecule has 1 rings (SSSR count). The molecule has 0 aliphatic rings. The number of sulfonamides is 1. The van der Waals surface area contributed by atoms with Gasteiger partial charge in [-0.15, -0.1) is 6.58 Å². The lowest BCUT2D eigenvalue weighted by Crippen LogP contribution is -2.24. The molecule has 0 spiro atoms. The zero-order valence-electron chi connectivity index (χ0n) is 8.82. The van der Waals surface area contributed by atoms with E-state index in [9.17, 15) is 8.42 Å². The van der Waals surface area contributed by atoms with E-state index in [2.05, 4.69) is 27.2 Å². The zero-order chi connectivity index (χ0) is 12.0. The SMILES string of the molecule is C=CCCCNS(=O)(=O)c1ccc(Br)cc1. The Morgan fingerprint density at radius 1 is 1.31 bits per heavy atom. The molecule has 0 aliphatic heterocycles. The molecule has 0 saturated carbocycles. The number of allylic oxidation sites excluding steroid dienone is 1. The van der Waals surface area contributed by atoms with Crippen LogP contribution in [0.5, 0.6) is 0 Å². The second kappa shape index (κ2) is 6.18. The summed E-state index contributed by atoms with van der Waals surface area (Å²) in [5, 5.41) is 0. The van der Waals surface area contributed by atoms with Crippen molar-refractivity contribution in [3.05, 3.63) is 41.4 Å². The molecule has 0 radical (unpaired) electrons. The fraction of sp³-hybridized carbons (Fsp3) is 0.273. The summed E-state index contributed by atoms with van der Waals surface area (Å²) in [4.78, 5) is 0.286. The van der Waals surface area contributed by atoms with Crippen molar-refractivity contribution in [3.8, 4) is 0 Å². The first-order valence-electron chi connectivity index (χ1n) is 4.92. The maximum absolute atomic E-state index is 11.8. The third kappa shape index (κ3) is 4.08. The van der Waals surface area contributed by atoms with Crippen LogP contribution in [0, 0.1) is 0 Å². The maximum Gasteiger partial charge on any atom is 0.240 e. The van der Waals surface area contributed by atoms with Gasteiger partial charge in [0.1, 0.15) is 0 Å². The molecular formula is C11H14BrNO2S. The predicted molar refractivity (Wildman–Crippen MR) is 68.8 cm³/mol. The Kier molecular flexibility index (Phi) is 5.18. The summed E-state index contributed by atoms with van der Waals surface area (Å²) in [6, 6.07) is 6.55. The van der Waals surface area contributed by atoms with Gasteiger partial charge in [-0.1, -0.05) is 22.0 Å². The molecule has 1 aromatic carbocycles. The van der Waals surface area contributed by atoms with E-state index in [-0.39, 0.29) is 4.90 Å². The fourth-order valence-electron chi connectivity index (χ4n) is 1.15. The first kappa shape index (κ1) is 13.4. The molecule has 88 valence electrons. The van der Waals surface area contributed by atoms with Gasteiger partial charge in [-0.2, -0.15) is 0 Å². The van der Waals surface area contributed by atoms with Crippen LogP contribution in [-0.2, 0) is 10.0 Å². The third-order valence-electron chi connectivity index (χ3n) is 2.00. The number of hydrogen-bond donors (Lipinski definition) is 1. The Morgan fingerprint density at radius 3 is 2.50 bits per heavy atom.